The second-order valence-corrected chi connectivity index (χ2v) is 5.03. The Bertz CT molecular complexity index is 288. The van der Waals surface area contributed by atoms with Crippen molar-refractivity contribution in [3.8, 4) is 0 Å². The van der Waals surface area contributed by atoms with Gasteiger partial charge in [-0.2, -0.15) is 0 Å². The van der Waals surface area contributed by atoms with Crippen LogP contribution < -0.4 is 0 Å². The molecule has 84 valence electrons. The van der Waals surface area contributed by atoms with Gasteiger partial charge in [-0.25, -0.2) is 0 Å². The smallest absolute Gasteiger partial charge is 0.207 e. The van der Waals surface area contributed by atoms with Crippen molar-refractivity contribution in [3.63, 3.8) is 0 Å². The Hall–Kier alpha value is -0.670. The van der Waals surface area contributed by atoms with Gasteiger partial charge in [-0.15, -0.1) is 0 Å². The molecule has 0 bridgehead atoms. The molecule has 2 unspecified atom stereocenters. The second-order valence-electron chi connectivity index (χ2n) is 5.03. The SMILES string of the molecule is CC(C)(C)OC1OC1N=C1CC=CCC1. The molecule has 0 aromatic rings. The zero-order chi connectivity index (χ0) is 10.9. The van der Waals surface area contributed by atoms with Crippen molar-refractivity contribution < 1.29 is 9.47 Å². The maximum Gasteiger partial charge on any atom is 0.207 e. The number of allylic oxidation sites excluding steroid dienone is 2. The minimum atomic E-state index is -0.147. The molecule has 2 aliphatic rings. The lowest BCUT2D eigenvalue weighted by molar-refractivity contribution is -0.0569. The number of ether oxygens (including phenoxy) is 2. The first-order valence-electron chi connectivity index (χ1n) is 5.58. The van der Waals surface area contributed by atoms with E-state index in [4.69, 9.17) is 9.47 Å². The molecule has 0 aromatic carbocycles. The van der Waals surface area contributed by atoms with Gasteiger partial charge >= 0.3 is 0 Å². The van der Waals surface area contributed by atoms with Crippen molar-refractivity contribution in [2.75, 3.05) is 0 Å². The van der Waals surface area contributed by atoms with Gasteiger partial charge in [0.25, 0.3) is 0 Å². The van der Waals surface area contributed by atoms with E-state index in [-0.39, 0.29) is 18.1 Å². The van der Waals surface area contributed by atoms with Crippen LogP contribution in [0.15, 0.2) is 17.1 Å². The fraction of sp³-hybridized carbons (Fsp3) is 0.750. The molecular formula is C12H19NO2. The van der Waals surface area contributed by atoms with Gasteiger partial charge in [-0.05, 0) is 33.6 Å². The molecule has 1 fully saturated rings. The predicted molar refractivity (Wildman–Crippen MR) is 59.9 cm³/mol. The van der Waals surface area contributed by atoms with Crippen LogP contribution in [0.1, 0.15) is 40.0 Å². The minimum absolute atomic E-state index is 0.0503. The van der Waals surface area contributed by atoms with Crippen LogP contribution in [0.3, 0.4) is 0 Å². The van der Waals surface area contributed by atoms with Gasteiger partial charge in [0.1, 0.15) is 0 Å². The quantitative estimate of drug-likeness (QED) is 0.517. The molecule has 3 heteroatoms. The molecule has 1 saturated heterocycles. The molecule has 1 heterocycles. The fourth-order valence-electron chi connectivity index (χ4n) is 1.60. The van der Waals surface area contributed by atoms with Gasteiger partial charge in [-0.1, -0.05) is 12.2 Å². The van der Waals surface area contributed by atoms with Gasteiger partial charge in [-0.3, -0.25) is 4.99 Å². The van der Waals surface area contributed by atoms with Crippen LogP contribution in [0.4, 0.5) is 0 Å². The third-order valence-corrected chi connectivity index (χ3v) is 2.33. The van der Waals surface area contributed by atoms with Crippen molar-refractivity contribution in [1.82, 2.24) is 0 Å². The third kappa shape index (κ3) is 3.43. The van der Waals surface area contributed by atoms with Crippen LogP contribution >= 0.6 is 0 Å². The van der Waals surface area contributed by atoms with E-state index >= 15 is 0 Å². The average molecular weight is 209 g/mol. The summed E-state index contributed by atoms with van der Waals surface area (Å²) in [7, 11) is 0. The lowest BCUT2D eigenvalue weighted by Crippen LogP contribution is -2.21. The summed E-state index contributed by atoms with van der Waals surface area (Å²) in [4.78, 5) is 4.53. The zero-order valence-corrected chi connectivity index (χ0v) is 9.69. The lowest BCUT2D eigenvalue weighted by Gasteiger charge is -2.17. The largest absolute Gasteiger partial charge is 0.342 e. The maximum absolute atomic E-state index is 5.66. The Morgan fingerprint density at radius 1 is 1.40 bits per heavy atom. The highest BCUT2D eigenvalue weighted by Gasteiger charge is 2.42. The van der Waals surface area contributed by atoms with E-state index in [2.05, 4.69) is 17.1 Å². The Kier molecular flexibility index (Phi) is 2.94. The molecule has 2 atom stereocenters. The lowest BCUT2D eigenvalue weighted by atomic mass is 10.1. The maximum atomic E-state index is 5.66. The first-order valence-corrected chi connectivity index (χ1v) is 5.58. The summed E-state index contributed by atoms with van der Waals surface area (Å²) in [5, 5.41) is 0. The highest BCUT2D eigenvalue weighted by molar-refractivity contribution is 5.86. The summed E-state index contributed by atoms with van der Waals surface area (Å²) < 4.78 is 11.0. The molecule has 0 N–H and O–H groups in total. The molecule has 1 aliphatic carbocycles. The minimum Gasteiger partial charge on any atom is -0.342 e. The van der Waals surface area contributed by atoms with E-state index in [1.807, 2.05) is 20.8 Å². The number of aliphatic imine (C=N–C) groups is 1. The normalized spacial score (nSPS) is 33.4. The Labute approximate surface area is 91.2 Å². The standard InChI is InChI=1S/C12H19NO2/c1-12(2,3)15-11-10(14-11)13-9-7-5-4-6-8-9/h4-5,10-11H,6-8H2,1-3H3. The van der Waals surface area contributed by atoms with E-state index in [0.29, 0.717) is 0 Å². The molecule has 0 radical (unpaired) electrons. The topological polar surface area (TPSA) is 34.1 Å². The van der Waals surface area contributed by atoms with Crippen LogP contribution in [-0.4, -0.2) is 23.8 Å². The van der Waals surface area contributed by atoms with Gasteiger partial charge < -0.3 is 9.47 Å². The number of hydrogen-bond acceptors (Lipinski definition) is 3. The molecule has 1 aliphatic heterocycles. The van der Waals surface area contributed by atoms with E-state index in [0.717, 1.165) is 19.3 Å². The first kappa shape index (κ1) is 10.8. The first-order chi connectivity index (χ1) is 7.04. The molecule has 0 aromatic heterocycles. The highest BCUT2D eigenvalue weighted by Crippen LogP contribution is 2.30. The van der Waals surface area contributed by atoms with Crippen molar-refractivity contribution in [2.24, 2.45) is 4.99 Å². The van der Waals surface area contributed by atoms with Crippen LogP contribution in [-0.2, 0) is 9.47 Å². The third-order valence-electron chi connectivity index (χ3n) is 2.33. The van der Waals surface area contributed by atoms with Crippen molar-refractivity contribution in [2.45, 2.75) is 58.2 Å². The van der Waals surface area contributed by atoms with Crippen molar-refractivity contribution in [3.05, 3.63) is 12.2 Å². The van der Waals surface area contributed by atoms with E-state index in [9.17, 15) is 0 Å². The van der Waals surface area contributed by atoms with Crippen LogP contribution in [0.2, 0.25) is 0 Å². The molecule has 0 spiro atoms. The summed E-state index contributed by atoms with van der Waals surface area (Å²) in [6, 6.07) is 0. The Morgan fingerprint density at radius 3 is 2.80 bits per heavy atom. The number of nitrogens with zero attached hydrogens (tertiary/aromatic N) is 1. The molecule has 0 amide bonds. The van der Waals surface area contributed by atoms with E-state index in [1.165, 1.54) is 5.71 Å². The summed E-state index contributed by atoms with van der Waals surface area (Å²) >= 11 is 0. The average Bonchev–Trinajstić information content (AvgIpc) is 2.82. The van der Waals surface area contributed by atoms with Gasteiger partial charge in [0.2, 0.25) is 12.5 Å². The van der Waals surface area contributed by atoms with Gasteiger partial charge in [0, 0.05) is 12.1 Å². The van der Waals surface area contributed by atoms with Crippen molar-refractivity contribution in [1.29, 1.82) is 0 Å². The Morgan fingerprint density at radius 2 is 2.20 bits per heavy atom. The second kappa shape index (κ2) is 4.06. The molecule has 3 nitrogen and oxygen atoms in total. The summed E-state index contributed by atoms with van der Waals surface area (Å²) in [5.41, 5.74) is 1.09. The zero-order valence-electron chi connectivity index (χ0n) is 9.69. The van der Waals surface area contributed by atoms with E-state index < -0.39 is 0 Å². The number of epoxide rings is 1. The molecule has 2 rings (SSSR count). The van der Waals surface area contributed by atoms with Gasteiger partial charge in [0.15, 0.2) is 0 Å². The monoisotopic (exact) mass is 209 g/mol. The summed E-state index contributed by atoms with van der Waals surface area (Å²) in [6.07, 6.45) is 7.35. The Balaban J connectivity index is 1.81. The summed E-state index contributed by atoms with van der Waals surface area (Å²) in [5.74, 6) is 0. The highest BCUT2D eigenvalue weighted by atomic mass is 16.8. The molecule has 0 saturated carbocycles. The molecule has 15 heavy (non-hydrogen) atoms. The number of rotatable bonds is 2. The van der Waals surface area contributed by atoms with Crippen LogP contribution in [0.5, 0.6) is 0 Å². The number of hydrogen-bond donors (Lipinski definition) is 0. The summed E-state index contributed by atoms with van der Waals surface area (Å²) in [6.45, 7) is 6.09. The van der Waals surface area contributed by atoms with Crippen molar-refractivity contribution >= 4 is 5.71 Å². The fourth-order valence-corrected chi connectivity index (χ4v) is 1.60. The van der Waals surface area contributed by atoms with E-state index in [1.54, 1.807) is 0 Å². The molecular weight excluding hydrogens is 190 g/mol. The predicted octanol–water partition coefficient (Wildman–Crippen LogP) is 2.67. The van der Waals surface area contributed by atoms with Crippen LogP contribution in [0.25, 0.3) is 0 Å². The van der Waals surface area contributed by atoms with Crippen LogP contribution in [0, 0.1) is 0 Å². The van der Waals surface area contributed by atoms with Gasteiger partial charge in [0.05, 0.1) is 5.60 Å².